The predicted molar refractivity (Wildman–Crippen MR) is 62.5 cm³/mol. The summed E-state index contributed by atoms with van der Waals surface area (Å²) in [4.78, 5) is 18.7. The molecule has 2 rings (SSSR count). The number of rotatable bonds is 5. The van der Waals surface area contributed by atoms with Crippen molar-refractivity contribution in [2.75, 3.05) is 26.3 Å². The van der Waals surface area contributed by atoms with Crippen molar-refractivity contribution in [2.24, 2.45) is 0 Å². The van der Waals surface area contributed by atoms with E-state index in [1.807, 2.05) is 0 Å². The van der Waals surface area contributed by atoms with Crippen LogP contribution in [-0.2, 0) is 16.0 Å². The van der Waals surface area contributed by atoms with E-state index in [0.29, 0.717) is 19.6 Å². The SMILES string of the molecule is O=C(CC1COCCN1)NCCc1ncc[nH]1. The molecule has 1 unspecified atom stereocenters. The second-order valence-electron chi connectivity index (χ2n) is 4.07. The summed E-state index contributed by atoms with van der Waals surface area (Å²) in [6.45, 7) is 2.78. The maximum atomic E-state index is 11.6. The van der Waals surface area contributed by atoms with Gasteiger partial charge in [0.1, 0.15) is 5.82 Å². The highest BCUT2D eigenvalue weighted by atomic mass is 16.5. The van der Waals surface area contributed by atoms with Crippen LogP contribution in [0.2, 0.25) is 0 Å². The van der Waals surface area contributed by atoms with Gasteiger partial charge in [-0.2, -0.15) is 0 Å². The van der Waals surface area contributed by atoms with Crippen LogP contribution in [-0.4, -0.2) is 48.2 Å². The molecule has 0 aromatic carbocycles. The molecule has 1 atom stereocenters. The van der Waals surface area contributed by atoms with E-state index in [1.165, 1.54) is 0 Å². The molecule has 17 heavy (non-hydrogen) atoms. The van der Waals surface area contributed by atoms with Gasteiger partial charge in [-0.25, -0.2) is 4.98 Å². The Hall–Kier alpha value is -1.40. The summed E-state index contributed by atoms with van der Waals surface area (Å²) in [7, 11) is 0. The maximum absolute atomic E-state index is 11.6. The molecule has 0 saturated carbocycles. The Morgan fingerprint density at radius 1 is 1.65 bits per heavy atom. The number of H-pyrrole nitrogens is 1. The molecule has 1 aliphatic heterocycles. The van der Waals surface area contributed by atoms with E-state index in [4.69, 9.17) is 4.74 Å². The molecular weight excluding hydrogens is 220 g/mol. The fourth-order valence-corrected chi connectivity index (χ4v) is 1.80. The van der Waals surface area contributed by atoms with E-state index in [9.17, 15) is 4.79 Å². The van der Waals surface area contributed by atoms with Crippen molar-refractivity contribution in [3.63, 3.8) is 0 Å². The highest BCUT2D eigenvalue weighted by Crippen LogP contribution is 1.98. The van der Waals surface area contributed by atoms with Crippen LogP contribution in [0.3, 0.4) is 0 Å². The number of hydrogen-bond donors (Lipinski definition) is 3. The fraction of sp³-hybridized carbons (Fsp3) is 0.636. The zero-order chi connectivity index (χ0) is 11.9. The van der Waals surface area contributed by atoms with Crippen molar-refractivity contribution in [1.82, 2.24) is 20.6 Å². The summed E-state index contributed by atoms with van der Waals surface area (Å²) in [5.41, 5.74) is 0. The summed E-state index contributed by atoms with van der Waals surface area (Å²) >= 11 is 0. The molecule has 1 saturated heterocycles. The largest absolute Gasteiger partial charge is 0.378 e. The van der Waals surface area contributed by atoms with Crippen LogP contribution in [0.4, 0.5) is 0 Å². The van der Waals surface area contributed by atoms with Crippen molar-refractivity contribution in [3.05, 3.63) is 18.2 Å². The van der Waals surface area contributed by atoms with Crippen molar-refractivity contribution < 1.29 is 9.53 Å². The van der Waals surface area contributed by atoms with Gasteiger partial charge in [-0.3, -0.25) is 4.79 Å². The van der Waals surface area contributed by atoms with Crippen molar-refractivity contribution in [2.45, 2.75) is 18.9 Å². The normalized spacial score (nSPS) is 20.1. The second kappa shape index (κ2) is 6.36. The predicted octanol–water partition coefficient (Wildman–Crippen LogP) is -0.553. The molecule has 1 fully saturated rings. The third-order valence-corrected chi connectivity index (χ3v) is 2.67. The number of carbonyl (C=O) groups excluding carboxylic acids is 1. The van der Waals surface area contributed by atoms with Crippen LogP contribution >= 0.6 is 0 Å². The third-order valence-electron chi connectivity index (χ3n) is 2.67. The second-order valence-corrected chi connectivity index (χ2v) is 4.07. The average molecular weight is 238 g/mol. The van der Waals surface area contributed by atoms with E-state index in [-0.39, 0.29) is 11.9 Å². The Labute approximate surface area is 100 Å². The highest BCUT2D eigenvalue weighted by Gasteiger charge is 2.16. The van der Waals surface area contributed by atoms with Crippen LogP contribution in [0.25, 0.3) is 0 Å². The zero-order valence-electron chi connectivity index (χ0n) is 9.74. The Kier molecular flexibility index (Phi) is 4.52. The summed E-state index contributed by atoms with van der Waals surface area (Å²) < 4.78 is 5.29. The number of amides is 1. The molecule has 1 amide bonds. The first-order valence-corrected chi connectivity index (χ1v) is 5.90. The summed E-state index contributed by atoms with van der Waals surface area (Å²) in [6, 6.07) is 0.146. The van der Waals surface area contributed by atoms with Gasteiger partial charge in [-0.05, 0) is 0 Å². The number of aromatic amines is 1. The van der Waals surface area contributed by atoms with Crippen LogP contribution in [0, 0.1) is 0 Å². The molecule has 94 valence electrons. The molecule has 1 aromatic heterocycles. The van der Waals surface area contributed by atoms with Gasteiger partial charge in [0.25, 0.3) is 0 Å². The lowest BCUT2D eigenvalue weighted by atomic mass is 10.2. The van der Waals surface area contributed by atoms with Gasteiger partial charge in [0, 0.05) is 44.4 Å². The van der Waals surface area contributed by atoms with E-state index in [0.717, 1.165) is 25.4 Å². The molecule has 0 spiro atoms. The van der Waals surface area contributed by atoms with Gasteiger partial charge in [0.15, 0.2) is 0 Å². The Balaban J connectivity index is 1.60. The van der Waals surface area contributed by atoms with Crippen LogP contribution in [0.1, 0.15) is 12.2 Å². The molecule has 0 radical (unpaired) electrons. The number of imidazole rings is 1. The zero-order valence-corrected chi connectivity index (χ0v) is 9.74. The van der Waals surface area contributed by atoms with E-state index in [2.05, 4.69) is 20.6 Å². The monoisotopic (exact) mass is 238 g/mol. The number of aromatic nitrogens is 2. The maximum Gasteiger partial charge on any atom is 0.221 e. The van der Waals surface area contributed by atoms with E-state index < -0.39 is 0 Å². The first-order valence-electron chi connectivity index (χ1n) is 5.90. The first-order chi connectivity index (χ1) is 8.34. The molecule has 6 heteroatoms. The van der Waals surface area contributed by atoms with Crippen molar-refractivity contribution >= 4 is 5.91 Å². The van der Waals surface area contributed by atoms with Gasteiger partial charge in [-0.1, -0.05) is 0 Å². The highest BCUT2D eigenvalue weighted by molar-refractivity contribution is 5.76. The number of carbonyl (C=O) groups is 1. The molecule has 3 N–H and O–H groups in total. The lowest BCUT2D eigenvalue weighted by Crippen LogP contribution is -2.44. The number of nitrogens with one attached hydrogen (secondary N) is 3. The van der Waals surface area contributed by atoms with Gasteiger partial charge in [0.05, 0.1) is 13.2 Å². The number of ether oxygens (including phenoxy) is 1. The molecular formula is C11H18N4O2. The van der Waals surface area contributed by atoms with Crippen molar-refractivity contribution in [1.29, 1.82) is 0 Å². The average Bonchev–Trinajstić information content (AvgIpc) is 2.83. The molecule has 1 aromatic rings. The Morgan fingerprint density at radius 3 is 3.29 bits per heavy atom. The summed E-state index contributed by atoms with van der Waals surface area (Å²) in [6.07, 6.45) is 4.69. The first kappa shape index (κ1) is 12.1. The lowest BCUT2D eigenvalue weighted by molar-refractivity contribution is -0.122. The summed E-state index contributed by atoms with van der Waals surface area (Å²) in [5.74, 6) is 0.948. The summed E-state index contributed by atoms with van der Waals surface area (Å²) in [5, 5.41) is 6.12. The Morgan fingerprint density at radius 2 is 2.59 bits per heavy atom. The van der Waals surface area contributed by atoms with Gasteiger partial charge in [0.2, 0.25) is 5.91 Å². The van der Waals surface area contributed by atoms with E-state index in [1.54, 1.807) is 12.4 Å². The molecule has 6 nitrogen and oxygen atoms in total. The van der Waals surface area contributed by atoms with Crippen LogP contribution < -0.4 is 10.6 Å². The smallest absolute Gasteiger partial charge is 0.221 e. The van der Waals surface area contributed by atoms with E-state index >= 15 is 0 Å². The van der Waals surface area contributed by atoms with Gasteiger partial charge >= 0.3 is 0 Å². The standard InChI is InChI=1S/C11H18N4O2/c16-11(7-9-8-17-6-5-12-9)15-2-1-10-13-3-4-14-10/h3-4,9,12H,1-2,5-8H2,(H,13,14)(H,15,16). The van der Waals surface area contributed by atoms with Gasteiger partial charge in [-0.15, -0.1) is 0 Å². The number of hydrogen-bond acceptors (Lipinski definition) is 4. The van der Waals surface area contributed by atoms with Gasteiger partial charge < -0.3 is 20.4 Å². The minimum absolute atomic E-state index is 0.0551. The number of morpholine rings is 1. The van der Waals surface area contributed by atoms with Crippen LogP contribution in [0.5, 0.6) is 0 Å². The lowest BCUT2D eigenvalue weighted by Gasteiger charge is -2.23. The Bertz CT molecular complexity index is 333. The minimum atomic E-state index is 0.0551. The third kappa shape index (κ3) is 4.16. The van der Waals surface area contributed by atoms with Crippen LogP contribution in [0.15, 0.2) is 12.4 Å². The topological polar surface area (TPSA) is 79.0 Å². The fourth-order valence-electron chi connectivity index (χ4n) is 1.80. The minimum Gasteiger partial charge on any atom is -0.378 e. The van der Waals surface area contributed by atoms with Crippen molar-refractivity contribution in [3.8, 4) is 0 Å². The molecule has 0 bridgehead atoms. The molecule has 0 aliphatic carbocycles. The molecule has 2 heterocycles. The molecule has 1 aliphatic rings. The number of nitrogens with zero attached hydrogens (tertiary/aromatic N) is 1. The quantitative estimate of drug-likeness (QED) is 0.643.